The zero-order valence-electron chi connectivity index (χ0n) is 14.2. The third-order valence-corrected chi connectivity index (χ3v) is 4.26. The van der Waals surface area contributed by atoms with Crippen LogP contribution in [0.3, 0.4) is 0 Å². The van der Waals surface area contributed by atoms with E-state index in [4.69, 9.17) is 15.2 Å². The first-order valence-corrected chi connectivity index (χ1v) is 8.00. The number of hydrogen-bond acceptors (Lipinski definition) is 4. The molecule has 0 atom stereocenters. The van der Waals surface area contributed by atoms with Gasteiger partial charge < -0.3 is 20.1 Å². The molecule has 0 saturated carbocycles. The fourth-order valence-electron chi connectivity index (χ4n) is 2.86. The molecule has 0 bridgehead atoms. The van der Waals surface area contributed by atoms with Gasteiger partial charge in [0.05, 0.1) is 14.2 Å². The molecular weight excluding hydrogens is 308 g/mol. The van der Waals surface area contributed by atoms with Crippen molar-refractivity contribution in [3.05, 3.63) is 29.8 Å². The summed E-state index contributed by atoms with van der Waals surface area (Å²) in [4.78, 5) is 25.1. The number of nitrogens with two attached hydrogens (primary N) is 1. The van der Waals surface area contributed by atoms with Gasteiger partial charge in [0.2, 0.25) is 11.8 Å². The Balaban J connectivity index is 1.95. The van der Waals surface area contributed by atoms with Crippen molar-refractivity contribution in [2.45, 2.75) is 19.3 Å². The Labute approximate surface area is 142 Å². The van der Waals surface area contributed by atoms with Crippen molar-refractivity contribution in [1.29, 1.82) is 0 Å². The highest BCUT2D eigenvalue weighted by Gasteiger charge is 2.22. The minimum atomic E-state index is -0.272. The van der Waals surface area contributed by atoms with Crippen molar-refractivity contribution in [2.75, 3.05) is 27.3 Å². The van der Waals surface area contributed by atoms with Gasteiger partial charge in [0.25, 0.3) is 0 Å². The van der Waals surface area contributed by atoms with Gasteiger partial charge >= 0.3 is 0 Å². The molecule has 0 spiro atoms. The molecule has 2 amide bonds. The Morgan fingerprint density at radius 1 is 1.25 bits per heavy atom. The van der Waals surface area contributed by atoms with Crippen LogP contribution in [0.5, 0.6) is 11.5 Å². The first-order chi connectivity index (χ1) is 11.5. The van der Waals surface area contributed by atoms with E-state index in [-0.39, 0.29) is 17.7 Å². The van der Waals surface area contributed by atoms with Crippen molar-refractivity contribution in [1.82, 2.24) is 4.90 Å². The molecule has 2 N–H and O–H groups in total. The van der Waals surface area contributed by atoms with Gasteiger partial charge in [-0.3, -0.25) is 9.59 Å². The molecule has 1 aromatic carbocycles. The molecular formula is C18H24N2O4. The molecule has 0 aromatic heterocycles. The number of rotatable bonds is 6. The molecule has 0 aliphatic carbocycles. The number of carbonyl (C=O) groups is 2. The Morgan fingerprint density at radius 2 is 1.96 bits per heavy atom. The van der Waals surface area contributed by atoms with Crippen LogP contribution in [0, 0.1) is 5.92 Å². The summed E-state index contributed by atoms with van der Waals surface area (Å²) in [7, 11) is 3.17. The molecule has 1 aromatic rings. The number of primary amides is 1. The maximum Gasteiger partial charge on any atom is 0.246 e. The molecule has 1 aliphatic heterocycles. The highest BCUT2D eigenvalue weighted by atomic mass is 16.5. The minimum Gasteiger partial charge on any atom is -0.497 e. The average molecular weight is 332 g/mol. The van der Waals surface area contributed by atoms with Crippen LogP contribution < -0.4 is 15.2 Å². The van der Waals surface area contributed by atoms with Crippen molar-refractivity contribution in [3.8, 4) is 11.5 Å². The molecule has 1 aliphatic rings. The first kappa shape index (κ1) is 17.8. The zero-order chi connectivity index (χ0) is 17.5. The smallest absolute Gasteiger partial charge is 0.246 e. The van der Waals surface area contributed by atoms with Crippen LogP contribution in [-0.4, -0.2) is 44.0 Å². The molecule has 0 unspecified atom stereocenters. The normalized spacial score (nSPS) is 15.5. The number of likely N-dealkylation sites (tertiary alicyclic amines) is 1. The van der Waals surface area contributed by atoms with E-state index >= 15 is 0 Å². The fourth-order valence-corrected chi connectivity index (χ4v) is 2.86. The molecule has 6 heteroatoms. The monoisotopic (exact) mass is 332 g/mol. The summed E-state index contributed by atoms with van der Waals surface area (Å²) >= 11 is 0. The number of hydrogen-bond donors (Lipinski definition) is 1. The molecule has 24 heavy (non-hydrogen) atoms. The Kier molecular flexibility index (Phi) is 6.23. The van der Waals surface area contributed by atoms with Crippen LogP contribution in [0.2, 0.25) is 0 Å². The van der Waals surface area contributed by atoms with Gasteiger partial charge in [-0.15, -0.1) is 0 Å². The number of carbonyl (C=O) groups excluding carboxylic acids is 2. The molecule has 130 valence electrons. The van der Waals surface area contributed by atoms with Crippen molar-refractivity contribution in [3.63, 3.8) is 0 Å². The summed E-state index contributed by atoms with van der Waals surface area (Å²) in [5.74, 6) is 1.33. The van der Waals surface area contributed by atoms with Gasteiger partial charge in [-0.05, 0) is 37.0 Å². The summed E-state index contributed by atoms with van der Waals surface area (Å²) in [6, 6.07) is 5.45. The Hall–Kier alpha value is -2.50. The van der Waals surface area contributed by atoms with E-state index in [9.17, 15) is 9.59 Å². The molecule has 6 nitrogen and oxygen atoms in total. The molecule has 1 heterocycles. The van der Waals surface area contributed by atoms with E-state index in [0.717, 1.165) is 18.4 Å². The Bertz CT molecular complexity index is 619. The first-order valence-electron chi connectivity index (χ1n) is 8.00. The summed E-state index contributed by atoms with van der Waals surface area (Å²) < 4.78 is 10.5. The number of amides is 2. The second-order valence-electron chi connectivity index (χ2n) is 5.88. The van der Waals surface area contributed by atoms with Gasteiger partial charge in [0.1, 0.15) is 11.5 Å². The summed E-state index contributed by atoms with van der Waals surface area (Å²) in [6.45, 7) is 1.31. The van der Waals surface area contributed by atoms with E-state index < -0.39 is 0 Å². The van der Waals surface area contributed by atoms with Gasteiger partial charge in [-0.25, -0.2) is 0 Å². The molecule has 2 rings (SSSR count). The highest BCUT2D eigenvalue weighted by Crippen LogP contribution is 2.26. The quantitative estimate of drug-likeness (QED) is 0.806. The number of nitrogens with zero attached hydrogens (tertiary/aromatic N) is 1. The van der Waals surface area contributed by atoms with E-state index in [1.807, 2.05) is 12.1 Å². The predicted octanol–water partition coefficient (Wildman–Crippen LogP) is 1.83. The lowest BCUT2D eigenvalue weighted by molar-refractivity contribution is -0.127. The number of methoxy groups -OCH3 is 2. The summed E-state index contributed by atoms with van der Waals surface area (Å²) in [5.41, 5.74) is 6.04. The number of piperidine rings is 1. The van der Waals surface area contributed by atoms with Crippen LogP contribution in [0.4, 0.5) is 0 Å². The van der Waals surface area contributed by atoms with Gasteiger partial charge in [0.15, 0.2) is 0 Å². The fraction of sp³-hybridized carbons (Fsp3) is 0.444. The van der Waals surface area contributed by atoms with Gasteiger partial charge in [-0.2, -0.15) is 0 Å². The molecule has 0 radical (unpaired) electrons. The lowest BCUT2D eigenvalue weighted by atomic mass is 9.93. The van der Waals surface area contributed by atoms with E-state index in [0.29, 0.717) is 31.0 Å². The van der Waals surface area contributed by atoms with Crippen LogP contribution in [-0.2, 0) is 9.59 Å². The molecule has 1 saturated heterocycles. The third-order valence-electron chi connectivity index (χ3n) is 4.26. The summed E-state index contributed by atoms with van der Waals surface area (Å²) in [6.07, 6.45) is 5.33. The zero-order valence-corrected chi connectivity index (χ0v) is 14.2. The topological polar surface area (TPSA) is 81.9 Å². The minimum absolute atomic E-state index is 0.0367. The Morgan fingerprint density at radius 3 is 2.54 bits per heavy atom. The van der Waals surface area contributed by atoms with Crippen LogP contribution in [0.15, 0.2) is 24.3 Å². The largest absolute Gasteiger partial charge is 0.497 e. The second kappa shape index (κ2) is 8.38. The standard InChI is InChI=1S/C18H24N2O4/c1-23-15-5-3-14(16(12-15)24-2)4-6-18(22)20-9-7-13(8-10-20)11-17(19)21/h3-6,12-13H,7-11H2,1-2H3,(H2,19,21)/b6-4-. The maximum absolute atomic E-state index is 12.3. The predicted molar refractivity (Wildman–Crippen MR) is 91.7 cm³/mol. The molecule has 1 fully saturated rings. The van der Waals surface area contributed by atoms with Crippen LogP contribution >= 0.6 is 0 Å². The van der Waals surface area contributed by atoms with Crippen molar-refractivity contribution >= 4 is 17.9 Å². The highest BCUT2D eigenvalue weighted by molar-refractivity contribution is 5.92. The lowest BCUT2D eigenvalue weighted by Gasteiger charge is -2.30. The van der Waals surface area contributed by atoms with E-state index in [2.05, 4.69) is 0 Å². The second-order valence-corrected chi connectivity index (χ2v) is 5.88. The number of benzene rings is 1. The van der Waals surface area contributed by atoms with Gasteiger partial charge in [-0.1, -0.05) is 0 Å². The maximum atomic E-state index is 12.3. The van der Waals surface area contributed by atoms with E-state index in [1.54, 1.807) is 37.3 Å². The summed E-state index contributed by atoms with van der Waals surface area (Å²) in [5, 5.41) is 0. The van der Waals surface area contributed by atoms with Crippen LogP contribution in [0.25, 0.3) is 6.08 Å². The van der Waals surface area contributed by atoms with Crippen molar-refractivity contribution in [2.24, 2.45) is 11.7 Å². The van der Waals surface area contributed by atoms with E-state index in [1.165, 1.54) is 0 Å². The van der Waals surface area contributed by atoms with Crippen LogP contribution in [0.1, 0.15) is 24.8 Å². The number of ether oxygens (including phenoxy) is 2. The SMILES string of the molecule is COc1ccc(/C=C\C(=O)N2CCC(CC(N)=O)CC2)c(OC)c1. The van der Waals surface area contributed by atoms with Gasteiger partial charge in [0, 0.05) is 37.2 Å². The lowest BCUT2D eigenvalue weighted by Crippen LogP contribution is -2.38. The van der Waals surface area contributed by atoms with Crippen molar-refractivity contribution < 1.29 is 19.1 Å². The third kappa shape index (κ3) is 4.75. The average Bonchev–Trinajstić information content (AvgIpc) is 2.59.